The molecule has 1 saturated heterocycles. The van der Waals surface area contributed by atoms with Gasteiger partial charge in [-0.1, -0.05) is 50.5 Å². The van der Waals surface area contributed by atoms with Crippen LogP contribution in [0.1, 0.15) is 62.1 Å². The lowest BCUT2D eigenvalue weighted by molar-refractivity contribution is -0.200. The molecule has 0 bridgehead atoms. The van der Waals surface area contributed by atoms with Crippen molar-refractivity contribution in [3.05, 3.63) is 65.2 Å². The molecule has 3 rings (SSSR count). The van der Waals surface area contributed by atoms with E-state index in [1.807, 2.05) is 24.3 Å². The Labute approximate surface area is 187 Å². The van der Waals surface area contributed by atoms with Crippen molar-refractivity contribution in [1.82, 2.24) is 0 Å². The summed E-state index contributed by atoms with van der Waals surface area (Å²) >= 11 is 0. The zero-order valence-electron chi connectivity index (χ0n) is 18.7. The quantitative estimate of drug-likeness (QED) is 0.390. The van der Waals surface area contributed by atoms with E-state index in [-0.39, 0.29) is 6.29 Å². The average molecular weight is 422 g/mol. The highest BCUT2D eigenvalue weighted by Gasteiger charge is 2.22. The smallest absolute Gasteiger partial charge is 0.161 e. The fourth-order valence-corrected chi connectivity index (χ4v) is 3.84. The van der Waals surface area contributed by atoms with Gasteiger partial charge in [0.25, 0.3) is 0 Å². The van der Waals surface area contributed by atoms with Gasteiger partial charge in [0.1, 0.15) is 5.75 Å². The van der Waals surface area contributed by atoms with Crippen LogP contribution in [0.5, 0.6) is 5.75 Å². The van der Waals surface area contributed by atoms with Gasteiger partial charge in [-0.3, -0.25) is 0 Å². The van der Waals surface area contributed by atoms with Gasteiger partial charge in [0, 0.05) is 12.3 Å². The zero-order valence-corrected chi connectivity index (χ0v) is 18.7. The number of rotatable bonds is 12. The first kappa shape index (κ1) is 23.3. The summed E-state index contributed by atoms with van der Waals surface area (Å²) in [7, 11) is 0. The first-order valence-electron chi connectivity index (χ1n) is 11.7. The Morgan fingerprint density at radius 3 is 2.29 bits per heavy atom. The van der Waals surface area contributed by atoms with Crippen molar-refractivity contribution in [2.75, 3.05) is 19.8 Å². The molecular formula is C27H35NO3. The molecule has 0 amide bonds. The lowest BCUT2D eigenvalue weighted by Crippen LogP contribution is -2.33. The Balaban J connectivity index is 1.29. The minimum atomic E-state index is -0.182. The Bertz CT molecular complexity index is 787. The molecule has 4 heteroatoms. The van der Waals surface area contributed by atoms with Crippen molar-refractivity contribution in [2.24, 2.45) is 5.92 Å². The van der Waals surface area contributed by atoms with Gasteiger partial charge in [0.15, 0.2) is 6.29 Å². The van der Waals surface area contributed by atoms with Gasteiger partial charge in [-0.15, -0.1) is 0 Å². The summed E-state index contributed by atoms with van der Waals surface area (Å²) in [4.78, 5) is 0. The highest BCUT2D eigenvalue weighted by Crippen LogP contribution is 2.21. The summed E-state index contributed by atoms with van der Waals surface area (Å²) in [6.07, 6.45) is 8.79. The van der Waals surface area contributed by atoms with E-state index in [1.54, 1.807) is 0 Å². The number of hydrogen-bond donors (Lipinski definition) is 0. The fourth-order valence-electron chi connectivity index (χ4n) is 3.84. The minimum absolute atomic E-state index is 0.182. The molecule has 0 aliphatic carbocycles. The first-order valence-corrected chi connectivity index (χ1v) is 11.7. The van der Waals surface area contributed by atoms with E-state index in [0.29, 0.717) is 11.5 Å². The van der Waals surface area contributed by atoms with E-state index >= 15 is 0 Å². The van der Waals surface area contributed by atoms with Crippen LogP contribution in [0.15, 0.2) is 48.5 Å². The average Bonchev–Trinajstić information content (AvgIpc) is 2.81. The molecule has 0 atom stereocenters. The summed E-state index contributed by atoms with van der Waals surface area (Å²) in [5.74, 6) is 1.44. The third kappa shape index (κ3) is 8.36. The van der Waals surface area contributed by atoms with E-state index in [4.69, 9.17) is 19.5 Å². The van der Waals surface area contributed by atoms with E-state index in [0.717, 1.165) is 63.2 Å². The van der Waals surface area contributed by atoms with Crippen LogP contribution in [0, 0.1) is 17.2 Å². The molecule has 0 N–H and O–H groups in total. The van der Waals surface area contributed by atoms with E-state index in [1.165, 1.54) is 24.8 Å². The van der Waals surface area contributed by atoms with Crippen molar-refractivity contribution in [2.45, 2.75) is 64.6 Å². The Morgan fingerprint density at radius 2 is 1.61 bits per heavy atom. The Morgan fingerprint density at radius 1 is 0.903 bits per heavy atom. The molecule has 0 aromatic heterocycles. The highest BCUT2D eigenvalue weighted by atomic mass is 16.7. The van der Waals surface area contributed by atoms with Crippen LogP contribution in [-0.4, -0.2) is 26.1 Å². The molecule has 1 heterocycles. The maximum atomic E-state index is 8.88. The second kappa shape index (κ2) is 13.1. The monoisotopic (exact) mass is 421 g/mol. The van der Waals surface area contributed by atoms with Crippen LogP contribution in [0.3, 0.4) is 0 Å². The lowest BCUT2D eigenvalue weighted by atomic mass is 10.00. The topological polar surface area (TPSA) is 51.5 Å². The predicted octanol–water partition coefficient (Wildman–Crippen LogP) is 6.07. The number of nitriles is 1. The highest BCUT2D eigenvalue weighted by molar-refractivity contribution is 5.31. The third-order valence-corrected chi connectivity index (χ3v) is 5.79. The standard InChI is InChI=1S/C27H35NO3/c1-2-3-4-5-17-29-26-15-13-22(14-16-26)7-6-8-25-20-30-27(31-21-25)18-23-9-11-24(19-28)12-10-23/h9-16,25,27H,2-8,17-18,20-21H2,1H3. The molecule has 0 radical (unpaired) electrons. The van der Waals surface area contributed by atoms with Crippen LogP contribution >= 0.6 is 0 Å². The second-order valence-electron chi connectivity index (χ2n) is 8.42. The lowest BCUT2D eigenvalue weighted by Gasteiger charge is -2.29. The van der Waals surface area contributed by atoms with E-state index in [9.17, 15) is 0 Å². The maximum Gasteiger partial charge on any atom is 0.161 e. The van der Waals surface area contributed by atoms with Crippen LogP contribution in [0.25, 0.3) is 0 Å². The summed E-state index contributed by atoms with van der Waals surface area (Å²) in [6.45, 7) is 4.55. The van der Waals surface area contributed by atoms with Gasteiger partial charge in [-0.05, 0) is 61.1 Å². The number of aryl methyl sites for hydroxylation is 1. The van der Waals surface area contributed by atoms with E-state index < -0.39 is 0 Å². The molecule has 1 aliphatic rings. The Hall–Kier alpha value is -2.35. The van der Waals surface area contributed by atoms with Crippen molar-refractivity contribution < 1.29 is 14.2 Å². The van der Waals surface area contributed by atoms with Gasteiger partial charge in [-0.25, -0.2) is 0 Å². The van der Waals surface area contributed by atoms with Crippen molar-refractivity contribution >= 4 is 0 Å². The second-order valence-corrected chi connectivity index (χ2v) is 8.42. The molecular weight excluding hydrogens is 386 g/mol. The van der Waals surface area contributed by atoms with Crippen molar-refractivity contribution in [3.8, 4) is 11.8 Å². The first-order chi connectivity index (χ1) is 15.3. The molecule has 1 fully saturated rings. The minimum Gasteiger partial charge on any atom is -0.494 e. The number of nitrogens with zero attached hydrogens (tertiary/aromatic N) is 1. The molecule has 0 unspecified atom stereocenters. The summed E-state index contributed by atoms with van der Waals surface area (Å²) in [6, 6.07) is 18.3. The normalized spacial score (nSPS) is 18.5. The summed E-state index contributed by atoms with van der Waals surface area (Å²) in [5.41, 5.74) is 3.17. The van der Waals surface area contributed by atoms with E-state index in [2.05, 4.69) is 37.3 Å². The molecule has 0 saturated carbocycles. The molecule has 166 valence electrons. The van der Waals surface area contributed by atoms with Gasteiger partial charge in [0.05, 0.1) is 31.5 Å². The predicted molar refractivity (Wildman–Crippen MR) is 123 cm³/mol. The van der Waals surface area contributed by atoms with Crippen molar-refractivity contribution in [1.29, 1.82) is 5.26 Å². The Kier molecular flexibility index (Phi) is 9.89. The van der Waals surface area contributed by atoms with Gasteiger partial charge in [0.2, 0.25) is 0 Å². The maximum absolute atomic E-state index is 8.88. The van der Waals surface area contributed by atoms with Gasteiger partial charge in [-0.2, -0.15) is 5.26 Å². The number of benzene rings is 2. The van der Waals surface area contributed by atoms with Crippen LogP contribution in [0.4, 0.5) is 0 Å². The number of unbranched alkanes of at least 4 members (excludes halogenated alkanes) is 3. The van der Waals surface area contributed by atoms with Crippen LogP contribution < -0.4 is 4.74 Å². The molecule has 2 aromatic rings. The van der Waals surface area contributed by atoms with Crippen LogP contribution in [-0.2, 0) is 22.3 Å². The van der Waals surface area contributed by atoms with Gasteiger partial charge >= 0.3 is 0 Å². The SMILES string of the molecule is CCCCCCOc1ccc(CCCC2COC(Cc3ccc(C#N)cc3)OC2)cc1. The molecule has 2 aromatic carbocycles. The third-order valence-electron chi connectivity index (χ3n) is 5.79. The van der Waals surface area contributed by atoms with Crippen LogP contribution in [0.2, 0.25) is 0 Å². The molecule has 31 heavy (non-hydrogen) atoms. The number of hydrogen-bond acceptors (Lipinski definition) is 4. The number of ether oxygens (including phenoxy) is 3. The van der Waals surface area contributed by atoms with Crippen molar-refractivity contribution in [3.63, 3.8) is 0 Å². The molecule has 4 nitrogen and oxygen atoms in total. The van der Waals surface area contributed by atoms with Gasteiger partial charge < -0.3 is 14.2 Å². The summed E-state index contributed by atoms with van der Waals surface area (Å²) < 4.78 is 17.7. The largest absolute Gasteiger partial charge is 0.494 e. The molecule has 1 aliphatic heterocycles. The molecule has 0 spiro atoms. The fraction of sp³-hybridized carbons (Fsp3) is 0.519. The zero-order chi connectivity index (χ0) is 21.7. The summed E-state index contributed by atoms with van der Waals surface area (Å²) in [5, 5.41) is 8.88.